The van der Waals surface area contributed by atoms with Crippen LogP contribution in [0.1, 0.15) is 15.9 Å². The minimum atomic E-state index is -0.472. The smallest absolute Gasteiger partial charge is 0.275 e. The largest absolute Gasteiger partial charge is 0.507 e. The Morgan fingerprint density at radius 1 is 1.09 bits per heavy atom. The Bertz CT molecular complexity index is 901. The van der Waals surface area contributed by atoms with Crippen molar-refractivity contribution in [2.75, 3.05) is 0 Å². The van der Waals surface area contributed by atoms with Gasteiger partial charge in [0, 0.05) is 10.0 Å². The van der Waals surface area contributed by atoms with Gasteiger partial charge in [-0.1, -0.05) is 58.4 Å². The summed E-state index contributed by atoms with van der Waals surface area (Å²) < 4.78 is 0.707. The van der Waals surface area contributed by atoms with Gasteiger partial charge in [-0.05, 0) is 29.0 Å². The summed E-state index contributed by atoms with van der Waals surface area (Å²) in [6.07, 6.45) is 1.59. The Balaban J connectivity index is 1.80. The highest BCUT2D eigenvalue weighted by Crippen LogP contribution is 2.21. The normalized spacial score (nSPS) is 11.0. The number of carbonyl (C=O) groups excluding carboxylic acids is 1. The minimum Gasteiger partial charge on any atom is -0.507 e. The Hall–Kier alpha value is -2.66. The van der Waals surface area contributed by atoms with E-state index in [1.807, 2.05) is 42.5 Å². The molecule has 23 heavy (non-hydrogen) atoms. The molecule has 3 rings (SSSR count). The van der Waals surface area contributed by atoms with Gasteiger partial charge < -0.3 is 5.11 Å². The van der Waals surface area contributed by atoms with Crippen molar-refractivity contribution in [1.82, 2.24) is 5.43 Å². The van der Waals surface area contributed by atoms with E-state index in [4.69, 9.17) is 0 Å². The molecule has 0 aliphatic rings. The molecule has 0 unspecified atom stereocenters. The van der Waals surface area contributed by atoms with Crippen molar-refractivity contribution in [3.05, 3.63) is 76.3 Å². The maximum atomic E-state index is 12.1. The van der Waals surface area contributed by atoms with Crippen LogP contribution in [0.5, 0.6) is 5.75 Å². The number of carbonyl (C=O) groups is 1. The summed E-state index contributed by atoms with van der Waals surface area (Å²) in [5.41, 5.74) is 3.50. The summed E-state index contributed by atoms with van der Waals surface area (Å²) >= 11 is 3.27. The van der Waals surface area contributed by atoms with Gasteiger partial charge in [-0.25, -0.2) is 5.43 Å². The molecule has 0 heterocycles. The van der Waals surface area contributed by atoms with Gasteiger partial charge in [-0.2, -0.15) is 5.10 Å². The molecule has 3 aromatic carbocycles. The van der Waals surface area contributed by atoms with Gasteiger partial charge >= 0.3 is 0 Å². The number of hydrazone groups is 1. The second-order valence-electron chi connectivity index (χ2n) is 4.93. The molecule has 0 aliphatic heterocycles. The number of hydrogen-bond acceptors (Lipinski definition) is 3. The van der Waals surface area contributed by atoms with Gasteiger partial charge in [-0.15, -0.1) is 0 Å². The molecule has 3 aromatic rings. The fourth-order valence-corrected chi connectivity index (χ4v) is 2.63. The number of phenolic OH excluding ortho intramolecular Hbond substituents is 1. The molecule has 0 fully saturated rings. The fourth-order valence-electron chi connectivity index (χ4n) is 2.27. The number of aromatic hydroxyl groups is 1. The number of amides is 1. The van der Waals surface area contributed by atoms with E-state index < -0.39 is 5.91 Å². The summed E-state index contributed by atoms with van der Waals surface area (Å²) in [6, 6.07) is 18.5. The Morgan fingerprint density at radius 3 is 2.74 bits per heavy atom. The summed E-state index contributed by atoms with van der Waals surface area (Å²) in [6.45, 7) is 0. The third kappa shape index (κ3) is 3.40. The maximum absolute atomic E-state index is 12.1. The van der Waals surface area contributed by atoms with Crippen molar-refractivity contribution in [3.8, 4) is 5.75 Å². The van der Waals surface area contributed by atoms with E-state index >= 15 is 0 Å². The average molecular weight is 369 g/mol. The molecule has 4 nitrogen and oxygen atoms in total. The topological polar surface area (TPSA) is 61.7 Å². The van der Waals surface area contributed by atoms with Gasteiger partial charge in [0.2, 0.25) is 0 Å². The highest BCUT2D eigenvalue weighted by Gasteiger charge is 2.10. The summed E-state index contributed by atoms with van der Waals surface area (Å²) in [7, 11) is 0. The van der Waals surface area contributed by atoms with Crippen LogP contribution in [-0.2, 0) is 0 Å². The lowest BCUT2D eigenvalue weighted by Gasteiger charge is -2.04. The molecule has 0 saturated carbocycles. The Labute approximate surface area is 141 Å². The van der Waals surface area contributed by atoms with Crippen molar-refractivity contribution in [1.29, 1.82) is 0 Å². The number of nitrogens with zero attached hydrogens (tertiary/aromatic N) is 1. The standard InChI is InChI=1S/C18H13BrN2O2/c19-14-8-9-17(22)16(10-14)18(23)21-20-11-13-6-3-5-12-4-1-2-7-15(12)13/h1-11,22H,(H,21,23)/b20-11-. The van der Waals surface area contributed by atoms with Crippen molar-refractivity contribution in [2.24, 2.45) is 5.10 Å². The maximum Gasteiger partial charge on any atom is 0.275 e. The molecule has 0 aliphatic carbocycles. The van der Waals surface area contributed by atoms with Crippen LogP contribution in [0.25, 0.3) is 10.8 Å². The molecular weight excluding hydrogens is 356 g/mol. The Kier molecular flexibility index (Phi) is 4.39. The van der Waals surface area contributed by atoms with E-state index in [2.05, 4.69) is 26.5 Å². The zero-order chi connectivity index (χ0) is 16.2. The first-order valence-electron chi connectivity index (χ1n) is 6.95. The zero-order valence-electron chi connectivity index (χ0n) is 12.0. The SMILES string of the molecule is O=C(N/N=C\c1cccc2ccccc12)c1cc(Br)ccc1O. The molecule has 114 valence electrons. The van der Waals surface area contributed by atoms with Crippen LogP contribution >= 0.6 is 15.9 Å². The quantitative estimate of drug-likeness (QED) is 0.540. The van der Waals surface area contributed by atoms with Crippen LogP contribution in [-0.4, -0.2) is 17.2 Å². The third-order valence-electron chi connectivity index (χ3n) is 3.40. The minimum absolute atomic E-state index is 0.0916. The van der Waals surface area contributed by atoms with E-state index in [0.717, 1.165) is 16.3 Å². The number of fused-ring (bicyclic) bond motifs is 1. The fraction of sp³-hybridized carbons (Fsp3) is 0. The molecule has 0 bridgehead atoms. The summed E-state index contributed by atoms with van der Waals surface area (Å²) in [5, 5.41) is 15.9. The highest BCUT2D eigenvalue weighted by atomic mass is 79.9. The van der Waals surface area contributed by atoms with Crippen molar-refractivity contribution in [3.63, 3.8) is 0 Å². The third-order valence-corrected chi connectivity index (χ3v) is 3.89. The molecule has 1 amide bonds. The average Bonchev–Trinajstić information content (AvgIpc) is 2.57. The molecule has 5 heteroatoms. The number of halogens is 1. The molecule has 0 atom stereocenters. The summed E-state index contributed by atoms with van der Waals surface area (Å²) in [5.74, 6) is -0.564. The van der Waals surface area contributed by atoms with Crippen LogP contribution in [0.3, 0.4) is 0 Å². The van der Waals surface area contributed by atoms with E-state index in [-0.39, 0.29) is 11.3 Å². The van der Waals surface area contributed by atoms with Crippen LogP contribution in [0.2, 0.25) is 0 Å². The van der Waals surface area contributed by atoms with Crippen molar-refractivity contribution < 1.29 is 9.90 Å². The Morgan fingerprint density at radius 2 is 1.87 bits per heavy atom. The van der Waals surface area contributed by atoms with E-state index in [1.165, 1.54) is 12.1 Å². The number of phenols is 1. The highest BCUT2D eigenvalue weighted by molar-refractivity contribution is 9.10. The lowest BCUT2D eigenvalue weighted by Crippen LogP contribution is -2.17. The van der Waals surface area contributed by atoms with Crippen molar-refractivity contribution >= 4 is 38.8 Å². The van der Waals surface area contributed by atoms with Gasteiger partial charge in [0.25, 0.3) is 5.91 Å². The molecular formula is C18H13BrN2O2. The monoisotopic (exact) mass is 368 g/mol. The lowest BCUT2D eigenvalue weighted by atomic mass is 10.1. The first kappa shape index (κ1) is 15.2. The predicted molar refractivity (Wildman–Crippen MR) is 94.8 cm³/mol. The molecule has 0 aromatic heterocycles. The second kappa shape index (κ2) is 6.62. The molecule has 0 spiro atoms. The number of hydrogen-bond donors (Lipinski definition) is 2. The van der Waals surface area contributed by atoms with Gasteiger partial charge in [-0.3, -0.25) is 4.79 Å². The van der Waals surface area contributed by atoms with Gasteiger partial charge in [0.1, 0.15) is 5.75 Å². The first-order chi connectivity index (χ1) is 11.1. The molecule has 0 radical (unpaired) electrons. The molecule has 0 saturated heterocycles. The van der Waals surface area contributed by atoms with Crippen LogP contribution in [0.4, 0.5) is 0 Å². The van der Waals surface area contributed by atoms with Crippen LogP contribution in [0.15, 0.2) is 70.2 Å². The van der Waals surface area contributed by atoms with Gasteiger partial charge in [0.05, 0.1) is 11.8 Å². The number of benzene rings is 3. The zero-order valence-corrected chi connectivity index (χ0v) is 13.6. The van der Waals surface area contributed by atoms with Crippen LogP contribution in [0, 0.1) is 0 Å². The first-order valence-corrected chi connectivity index (χ1v) is 7.74. The van der Waals surface area contributed by atoms with E-state index in [0.29, 0.717) is 4.47 Å². The predicted octanol–water partition coefficient (Wildman–Crippen LogP) is 4.07. The number of nitrogens with one attached hydrogen (secondary N) is 1. The van der Waals surface area contributed by atoms with E-state index in [9.17, 15) is 9.90 Å². The summed E-state index contributed by atoms with van der Waals surface area (Å²) in [4.78, 5) is 12.1. The van der Waals surface area contributed by atoms with Crippen molar-refractivity contribution in [2.45, 2.75) is 0 Å². The second-order valence-corrected chi connectivity index (χ2v) is 5.84. The molecule has 2 N–H and O–H groups in total. The van der Waals surface area contributed by atoms with E-state index in [1.54, 1.807) is 12.3 Å². The number of rotatable bonds is 3. The van der Waals surface area contributed by atoms with Crippen LogP contribution < -0.4 is 5.43 Å². The lowest BCUT2D eigenvalue weighted by molar-refractivity contribution is 0.0952. The van der Waals surface area contributed by atoms with Gasteiger partial charge in [0.15, 0.2) is 0 Å².